The Labute approximate surface area is 110 Å². The SMILES string of the molecule is Cc1cccc(C)c1Cn1ccc(C(=O)O)cc1=O. The molecule has 1 aromatic heterocycles. The maximum absolute atomic E-state index is 11.9. The molecule has 0 unspecified atom stereocenters. The number of aromatic carboxylic acids is 1. The first-order valence-electron chi connectivity index (χ1n) is 5.98. The van der Waals surface area contributed by atoms with Gasteiger partial charge in [0.1, 0.15) is 0 Å². The Kier molecular flexibility index (Phi) is 3.51. The van der Waals surface area contributed by atoms with Crippen LogP contribution < -0.4 is 5.56 Å². The van der Waals surface area contributed by atoms with Crippen molar-refractivity contribution in [1.29, 1.82) is 0 Å². The molecule has 0 atom stereocenters. The average molecular weight is 257 g/mol. The van der Waals surface area contributed by atoms with Crippen LogP contribution in [0.3, 0.4) is 0 Å². The molecule has 98 valence electrons. The summed E-state index contributed by atoms with van der Waals surface area (Å²) >= 11 is 0. The highest BCUT2D eigenvalue weighted by Gasteiger charge is 2.07. The van der Waals surface area contributed by atoms with E-state index in [4.69, 9.17) is 5.11 Å². The van der Waals surface area contributed by atoms with Gasteiger partial charge in [-0.05, 0) is 36.6 Å². The van der Waals surface area contributed by atoms with E-state index in [2.05, 4.69) is 0 Å². The molecule has 0 aliphatic rings. The number of pyridine rings is 1. The van der Waals surface area contributed by atoms with Crippen molar-refractivity contribution in [1.82, 2.24) is 4.57 Å². The molecule has 2 aromatic rings. The molecule has 0 fully saturated rings. The van der Waals surface area contributed by atoms with E-state index in [0.29, 0.717) is 6.54 Å². The lowest BCUT2D eigenvalue weighted by Crippen LogP contribution is -2.21. The van der Waals surface area contributed by atoms with Crippen molar-refractivity contribution in [3.8, 4) is 0 Å². The molecule has 0 amide bonds. The number of carboxylic acid groups (broad SMARTS) is 1. The fraction of sp³-hybridized carbons (Fsp3) is 0.200. The Morgan fingerprint density at radius 2 is 1.84 bits per heavy atom. The van der Waals surface area contributed by atoms with Gasteiger partial charge in [-0.15, -0.1) is 0 Å². The van der Waals surface area contributed by atoms with Crippen LogP contribution in [0.1, 0.15) is 27.0 Å². The summed E-state index contributed by atoms with van der Waals surface area (Å²) in [6.45, 7) is 4.45. The van der Waals surface area contributed by atoms with E-state index < -0.39 is 5.97 Å². The topological polar surface area (TPSA) is 59.3 Å². The third-order valence-corrected chi connectivity index (χ3v) is 3.22. The summed E-state index contributed by atoms with van der Waals surface area (Å²) in [7, 11) is 0. The number of carbonyl (C=O) groups is 1. The Morgan fingerprint density at radius 1 is 1.21 bits per heavy atom. The second kappa shape index (κ2) is 5.10. The van der Waals surface area contributed by atoms with Crippen molar-refractivity contribution in [3.05, 3.63) is 69.1 Å². The van der Waals surface area contributed by atoms with E-state index in [1.807, 2.05) is 32.0 Å². The highest BCUT2D eigenvalue weighted by atomic mass is 16.4. The van der Waals surface area contributed by atoms with Crippen molar-refractivity contribution >= 4 is 5.97 Å². The van der Waals surface area contributed by atoms with Crippen molar-refractivity contribution in [2.45, 2.75) is 20.4 Å². The van der Waals surface area contributed by atoms with Gasteiger partial charge in [0.05, 0.1) is 12.1 Å². The fourth-order valence-electron chi connectivity index (χ4n) is 2.04. The number of benzene rings is 1. The van der Waals surface area contributed by atoms with E-state index in [-0.39, 0.29) is 11.1 Å². The zero-order valence-corrected chi connectivity index (χ0v) is 10.9. The lowest BCUT2D eigenvalue weighted by atomic mass is 10.0. The summed E-state index contributed by atoms with van der Waals surface area (Å²) in [5.41, 5.74) is 3.04. The number of rotatable bonds is 3. The van der Waals surface area contributed by atoms with Crippen LogP contribution in [0.25, 0.3) is 0 Å². The molecule has 0 saturated heterocycles. The molecular weight excluding hydrogens is 242 g/mol. The minimum Gasteiger partial charge on any atom is -0.478 e. The van der Waals surface area contributed by atoms with E-state index >= 15 is 0 Å². The van der Waals surface area contributed by atoms with Crippen molar-refractivity contribution < 1.29 is 9.90 Å². The first-order chi connectivity index (χ1) is 8.99. The summed E-state index contributed by atoms with van der Waals surface area (Å²) in [5.74, 6) is -1.09. The second-order valence-electron chi connectivity index (χ2n) is 4.56. The fourth-order valence-corrected chi connectivity index (χ4v) is 2.04. The van der Waals surface area contributed by atoms with Crippen LogP contribution >= 0.6 is 0 Å². The molecule has 0 aliphatic heterocycles. The van der Waals surface area contributed by atoms with E-state index in [1.165, 1.54) is 16.8 Å². The third-order valence-electron chi connectivity index (χ3n) is 3.22. The Hall–Kier alpha value is -2.36. The standard InChI is InChI=1S/C15H15NO3/c1-10-4-3-5-11(2)13(10)9-16-7-6-12(15(18)19)8-14(16)17/h3-8H,9H2,1-2H3,(H,18,19). The highest BCUT2D eigenvalue weighted by molar-refractivity contribution is 5.87. The average Bonchev–Trinajstić information content (AvgIpc) is 2.35. The number of hydrogen-bond acceptors (Lipinski definition) is 2. The van der Waals surface area contributed by atoms with Gasteiger partial charge >= 0.3 is 5.97 Å². The van der Waals surface area contributed by atoms with Gasteiger partial charge in [-0.1, -0.05) is 18.2 Å². The smallest absolute Gasteiger partial charge is 0.335 e. The van der Waals surface area contributed by atoms with E-state index in [9.17, 15) is 9.59 Å². The lowest BCUT2D eigenvalue weighted by Gasteiger charge is -2.11. The second-order valence-corrected chi connectivity index (χ2v) is 4.56. The monoisotopic (exact) mass is 257 g/mol. The molecule has 19 heavy (non-hydrogen) atoms. The largest absolute Gasteiger partial charge is 0.478 e. The van der Waals surface area contributed by atoms with Crippen LogP contribution in [0.2, 0.25) is 0 Å². The molecule has 0 aliphatic carbocycles. The Bertz CT molecular complexity index is 666. The number of aryl methyl sites for hydroxylation is 2. The van der Waals surface area contributed by atoms with Crippen LogP contribution in [0.15, 0.2) is 41.3 Å². The van der Waals surface area contributed by atoms with Crippen LogP contribution in [0, 0.1) is 13.8 Å². The van der Waals surface area contributed by atoms with Crippen LogP contribution in [-0.4, -0.2) is 15.6 Å². The predicted octanol–water partition coefficient (Wildman–Crippen LogP) is 2.21. The molecule has 0 saturated carbocycles. The summed E-state index contributed by atoms with van der Waals surface area (Å²) in [4.78, 5) is 22.7. The molecule has 1 aromatic carbocycles. The van der Waals surface area contributed by atoms with E-state index in [1.54, 1.807) is 0 Å². The van der Waals surface area contributed by atoms with Gasteiger partial charge < -0.3 is 9.67 Å². The summed E-state index contributed by atoms with van der Waals surface area (Å²) in [6, 6.07) is 8.57. The number of aromatic nitrogens is 1. The minimum absolute atomic E-state index is 0.0164. The maximum atomic E-state index is 11.9. The number of carboxylic acids is 1. The first kappa shape index (κ1) is 13.1. The zero-order valence-electron chi connectivity index (χ0n) is 10.9. The molecule has 0 spiro atoms. The molecule has 1 heterocycles. The molecular formula is C15H15NO3. The maximum Gasteiger partial charge on any atom is 0.335 e. The molecule has 2 rings (SSSR count). The first-order valence-corrected chi connectivity index (χ1v) is 5.98. The Balaban J connectivity index is 2.40. The molecule has 1 N–H and O–H groups in total. The normalized spacial score (nSPS) is 10.4. The predicted molar refractivity (Wildman–Crippen MR) is 72.7 cm³/mol. The van der Waals surface area contributed by atoms with Gasteiger partial charge in [0.25, 0.3) is 5.56 Å². The number of nitrogens with zero attached hydrogens (tertiary/aromatic N) is 1. The van der Waals surface area contributed by atoms with Gasteiger partial charge in [0.2, 0.25) is 0 Å². The van der Waals surface area contributed by atoms with Crippen molar-refractivity contribution in [2.75, 3.05) is 0 Å². The number of hydrogen-bond donors (Lipinski definition) is 1. The minimum atomic E-state index is -1.09. The van der Waals surface area contributed by atoms with Crippen molar-refractivity contribution in [2.24, 2.45) is 0 Å². The molecule has 0 radical (unpaired) electrons. The van der Waals surface area contributed by atoms with Gasteiger partial charge in [0, 0.05) is 12.3 Å². The van der Waals surface area contributed by atoms with Crippen molar-refractivity contribution in [3.63, 3.8) is 0 Å². The summed E-state index contributed by atoms with van der Waals surface area (Å²) in [5, 5.41) is 8.83. The van der Waals surface area contributed by atoms with Crippen LogP contribution in [0.4, 0.5) is 0 Å². The zero-order chi connectivity index (χ0) is 14.0. The molecule has 4 heteroatoms. The van der Waals surface area contributed by atoms with Gasteiger partial charge in [-0.2, -0.15) is 0 Å². The third kappa shape index (κ3) is 2.73. The van der Waals surface area contributed by atoms with Gasteiger partial charge in [-0.25, -0.2) is 4.79 Å². The molecule has 0 bridgehead atoms. The van der Waals surface area contributed by atoms with Gasteiger partial charge in [0.15, 0.2) is 0 Å². The quantitative estimate of drug-likeness (QED) is 0.917. The van der Waals surface area contributed by atoms with Crippen LogP contribution in [0.5, 0.6) is 0 Å². The lowest BCUT2D eigenvalue weighted by molar-refractivity contribution is 0.0696. The summed E-state index contributed by atoms with van der Waals surface area (Å²) in [6.07, 6.45) is 1.53. The Morgan fingerprint density at radius 3 is 2.37 bits per heavy atom. The van der Waals surface area contributed by atoms with Gasteiger partial charge in [-0.3, -0.25) is 4.79 Å². The van der Waals surface area contributed by atoms with Crippen LogP contribution in [-0.2, 0) is 6.54 Å². The highest BCUT2D eigenvalue weighted by Crippen LogP contribution is 2.14. The van der Waals surface area contributed by atoms with E-state index in [0.717, 1.165) is 22.8 Å². The molecule has 4 nitrogen and oxygen atoms in total. The summed E-state index contributed by atoms with van der Waals surface area (Å²) < 4.78 is 1.52.